The second-order valence-electron chi connectivity index (χ2n) is 5.51. The third kappa shape index (κ3) is 5.20. The molecule has 0 aliphatic heterocycles. The van der Waals surface area contributed by atoms with Gasteiger partial charge in [-0.05, 0) is 36.0 Å². The van der Waals surface area contributed by atoms with Crippen LogP contribution in [0.5, 0.6) is 0 Å². The lowest BCUT2D eigenvalue weighted by molar-refractivity contribution is -0.141. The Hall–Kier alpha value is -2.36. The maximum Gasteiger partial charge on any atom is 0.328 e. The van der Waals surface area contributed by atoms with Crippen molar-refractivity contribution in [2.45, 2.75) is 33.1 Å². The van der Waals surface area contributed by atoms with Gasteiger partial charge in [-0.2, -0.15) is 0 Å². The molecule has 2 N–H and O–H groups in total. The number of carbonyl (C=O) groups is 2. The first-order chi connectivity index (χ1) is 10.3. The van der Waals surface area contributed by atoms with Gasteiger partial charge in [-0.3, -0.25) is 4.79 Å². The Morgan fingerprint density at radius 1 is 1.18 bits per heavy atom. The van der Waals surface area contributed by atoms with Crippen molar-refractivity contribution < 1.29 is 19.8 Å². The van der Waals surface area contributed by atoms with Gasteiger partial charge in [0.25, 0.3) is 0 Å². The van der Waals surface area contributed by atoms with E-state index in [2.05, 4.69) is 0 Å². The molecule has 0 aromatic heterocycles. The third-order valence-corrected chi connectivity index (χ3v) is 3.63. The van der Waals surface area contributed by atoms with Gasteiger partial charge in [0.1, 0.15) is 0 Å². The third-order valence-electron chi connectivity index (χ3n) is 3.63. The maximum atomic E-state index is 11.0. The maximum absolute atomic E-state index is 11.0. The number of benzene rings is 1. The van der Waals surface area contributed by atoms with Crippen LogP contribution in [0.15, 0.2) is 36.4 Å². The summed E-state index contributed by atoms with van der Waals surface area (Å²) in [6.07, 6.45) is 6.66. The van der Waals surface area contributed by atoms with E-state index in [0.717, 1.165) is 22.8 Å². The van der Waals surface area contributed by atoms with Gasteiger partial charge >= 0.3 is 11.9 Å². The summed E-state index contributed by atoms with van der Waals surface area (Å²) in [5.74, 6) is -2.08. The fraction of sp³-hybridized carbons (Fsp3) is 0.333. The van der Waals surface area contributed by atoms with E-state index in [9.17, 15) is 9.59 Å². The van der Waals surface area contributed by atoms with Gasteiger partial charge in [-0.1, -0.05) is 50.3 Å². The van der Waals surface area contributed by atoms with E-state index in [4.69, 9.17) is 10.2 Å². The first-order valence-corrected chi connectivity index (χ1v) is 7.23. The Labute approximate surface area is 130 Å². The van der Waals surface area contributed by atoms with E-state index in [1.165, 1.54) is 6.08 Å². The molecule has 0 amide bonds. The molecule has 4 nitrogen and oxygen atoms in total. The van der Waals surface area contributed by atoms with Crippen molar-refractivity contribution in [2.24, 2.45) is 5.92 Å². The normalized spacial score (nSPS) is 14.3. The van der Waals surface area contributed by atoms with Gasteiger partial charge in [-0.15, -0.1) is 0 Å². The second kappa shape index (κ2) is 8.17. The lowest BCUT2D eigenvalue weighted by atomic mass is 9.86. The molecule has 0 spiro atoms. The van der Waals surface area contributed by atoms with Gasteiger partial charge in [0.2, 0.25) is 0 Å². The highest BCUT2D eigenvalue weighted by Gasteiger charge is 2.18. The summed E-state index contributed by atoms with van der Waals surface area (Å²) in [6, 6.07) is 5.93. The van der Waals surface area contributed by atoms with E-state index >= 15 is 0 Å². The second-order valence-corrected chi connectivity index (χ2v) is 5.51. The van der Waals surface area contributed by atoms with Crippen LogP contribution >= 0.6 is 0 Å². The molecule has 0 saturated heterocycles. The van der Waals surface area contributed by atoms with Gasteiger partial charge < -0.3 is 10.2 Å². The quantitative estimate of drug-likeness (QED) is 0.592. The fourth-order valence-corrected chi connectivity index (χ4v) is 2.41. The lowest BCUT2D eigenvalue weighted by Crippen LogP contribution is -2.13. The van der Waals surface area contributed by atoms with Crippen LogP contribution in [0.3, 0.4) is 0 Å². The minimum absolute atomic E-state index is 0.106. The highest BCUT2D eigenvalue weighted by atomic mass is 16.4. The molecule has 0 saturated carbocycles. The van der Waals surface area contributed by atoms with Gasteiger partial charge in [0.15, 0.2) is 0 Å². The van der Waals surface area contributed by atoms with Crippen LogP contribution in [-0.4, -0.2) is 22.2 Å². The summed E-state index contributed by atoms with van der Waals surface area (Å²) in [5, 5.41) is 17.6. The molecule has 2 unspecified atom stereocenters. The summed E-state index contributed by atoms with van der Waals surface area (Å²) < 4.78 is 0. The van der Waals surface area contributed by atoms with Crippen molar-refractivity contribution in [3.8, 4) is 0 Å². The highest BCUT2D eigenvalue weighted by molar-refractivity contribution is 5.80. The first kappa shape index (κ1) is 17.7. The molecule has 0 bridgehead atoms. The van der Waals surface area contributed by atoms with Crippen molar-refractivity contribution in [1.82, 2.24) is 0 Å². The number of aliphatic carboxylic acids is 2. The molecule has 0 radical (unpaired) electrons. The molecule has 1 rings (SSSR count). The van der Waals surface area contributed by atoms with E-state index in [1.807, 2.05) is 38.1 Å². The van der Waals surface area contributed by atoms with E-state index in [-0.39, 0.29) is 5.92 Å². The molecule has 22 heavy (non-hydrogen) atoms. The molecule has 2 atom stereocenters. The molecule has 0 aliphatic carbocycles. The number of carboxylic acids is 2. The smallest absolute Gasteiger partial charge is 0.328 e. The van der Waals surface area contributed by atoms with Crippen LogP contribution in [0.25, 0.3) is 6.08 Å². The SMILES string of the molecule is Cc1cccc(C(C)CC(C)C(=O)O)c1/C=C/C=C/C(=O)O. The first-order valence-electron chi connectivity index (χ1n) is 7.23. The van der Waals surface area contributed by atoms with Crippen LogP contribution in [0, 0.1) is 12.8 Å². The molecular formula is C18H22O4. The topological polar surface area (TPSA) is 74.6 Å². The minimum Gasteiger partial charge on any atom is -0.481 e. The van der Waals surface area contributed by atoms with Crippen LogP contribution in [0.1, 0.15) is 42.9 Å². The van der Waals surface area contributed by atoms with Crippen molar-refractivity contribution >= 4 is 18.0 Å². The van der Waals surface area contributed by atoms with Crippen molar-refractivity contribution in [3.63, 3.8) is 0 Å². The molecule has 1 aromatic carbocycles. The van der Waals surface area contributed by atoms with Crippen LogP contribution in [-0.2, 0) is 9.59 Å². The van der Waals surface area contributed by atoms with Gasteiger partial charge in [-0.25, -0.2) is 4.79 Å². The molecule has 4 heteroatoms. The molecule has 0 heterocycles. The molecule has 0 fully saturated rings. The van der Waals surface area contributed by atoms with E-state index in [1.54, 1.807) is 13.0 Å². The number of rotatable bonds is 7. The van der Waals surface area contributed by atoms with Crippen molar-refractivity contribution in [1.29, 1.82) is 0 Å². The van der Waals surface area contributed by atoms with E-state index in [0.29, 0.717) is 6.42 Å². The summed E-state index contributed by atoms with van der Waals surface area (Å²) in [6.45, 7) is 5.70. The van der Waals surface area contributed by atoms with Crippen molar-refractivity contribution in [2.75, 3.05) is 0 Å². The molecule has 1 aromatic rings. The zero-order chi connectivity index (χ0) is 16.7. The molecule has 118 valence electrons. The Balaban J connectivity index is 3.02. The highest BCUT2D eigenvalue weighted by Crippen LogP contribution is 2.29. The van der Waals surface area contributed by atoms with E-state index < -0.39 is 17.9 Å². The Kier molecular flexibility index (Phi) is 6.57. The van der Waals surface area contributed by atoms with Gasteiger partial charge in [0.05, 0.1) is 5.92 Å². The van der Waals surface area contributed by atoms with Crippen LogP contribution in [0.4, 0.5) is 0 Å². The number of aryl methyl sites for hydroxylation is 1. The minimum atomic E-state index is -0.988. The number of hydrogen-bond acceptors (Lipinski definition) is 2. The zero-order valence-corrected chi connectivity index (χ0v) is 13.1. The molecular weight excluding hydrogens is 280 g/mol. The fourth-order valence-electron chi connectivity index (χ4n) is 2.41. The summed E-state index contributed by atoms with van der Waals surface area (Å²) in [7, 11) is 0. The summed E-state index contributed by atoms with van der Waals surface area (Å²) in [4.78, 5) is 21.5. The van der Waals surface area contributed by atoms with Crippen LogP contribution in [0.2, 0.25) is 0 Å². The lowest BCUT2D eigenvalue weighted by Gasteiger charge is -2.18. The monoisotopic (exact) mass is 302 g/mol. The zero-order valence-electron chi connectivity index (χ0n) is 13.1. The Morgan fingerprint density at radius 3 is 2.45 bits per heavy atom. The summed E-state index contributed by atoms with van der Waals surface area (Å²) in [5.41, 5.74) is 3.17. The summed E-state index contributed by atoms with van der Waals surface area (Å²) >= 11 is 0. The largest absolute Gasteiger partial charge is 0.481 e. The average molecular weight is 302 g/mol. The van der Waals surface area contributed by atoms with Crippen LogP contribution < -0.4 is 0 Å². The average Bonchev–Trinajstić information content (AvgIpc) is 2.44. The number of carboxylic acid groups (broad SMARTS) is 2. The van der Waals surface area contributed by atoms with Gasteiger partial charge in [0, 0.05) is 6.08 Å². The number of allylic oxidation sites excluding steroid dienone is 2. The van der Waals surface area contributed by atoms with Crippen molar-refractivity contribution in [3.05, 3.63) is 53.1 Å². The predicted octanol–water partition coefficient (Wildman–Crippen LogP) is 3.86. The standard InChI is InChI=1S/C18H22O4/c1-12-7-6-9-16(13(2)11-14(3)18(21)22)15(12)8-4-5-10-17(19)20/h4-10,13-14H,11H2,1-3H3,(H,19,20)(H,21,22)/b8-4+,10-5+. The molecule has 0 aliphatic rings. The Morgan fingerprint density at radius 2 is 1.86 bits per heavy atom. The number of hydrogen-bond donors (Lipinski definition) is 2. The predicted molar refractivity (Wildman–Crippen MR) is 86.8 cm³/mol. The Bertz CT molecular complexity index is 599.